The second-order valence-corrected chi connectivity index (χ2v) is 7.10. The van der Waals surface area contributed by atoms with Crippen molar-refractivity contribution >= 4 is 45.3 Å². The fourth-order valence-corrected chi connectivity index (χ4v) is 3.41. The van der Waals surface area contributed by atoms with Crippen LogP contribution in [0.3, 0.4) is 0 Å². The molecule has 0 saturated heterocycles. The first-order valence-electron chi connectivity index (χ1n) is 8.48. The summed E-state index contributed by atoms with van der Waals surface area (Å²) in [5.74, 6) is -0.411. The number of amides is 2. The molecule has 3 rings (SSSR count). The van der Waals surface area contributed by atoms with Gasteiger partial charge in [-0.3, -0.25) is 9.59 Å². The molecular weight excluding hydrogens is 441 g/mol. The van der Waals surface area contributed by atoms with Crippen molar-refractivity contribution in [3.05, 3.63) is 69.9 Å². The second-order valence-electron chi connectivity index (χ2n) is 5.93. The van der Waals surface area contributed by atoms with E-state index in [1.54, 1.807) is 6.07 Å². The maximum Gasteiger partial charge on any atom is 0.252 e. The molecule has 6 heteroatoms. The number of carbonyl (C=O) groups excluding carboxylic acids is 2. The Labute approximate surface area is 165 Å². The van der Waals surface area contributed by atoms with Crippen LogP contribution in [0.4, 0.5) is 0 Å². The summed E-state index contributed by atoms with van der Waals surface area (Å²) in [5.41, 5.74) is 1.78. The van der Waals surface area contributed by atoms with Crippen LogP contribution in [0, 0.1) is 3.57 Å². The van der Waals surface area contributed by atoms with Crippen molar-refractivity contribution < 1.29 is 9.59 Å². The monoisotopic (exact) mass is 461 g/mol. The summed E-state index contributed by atoms with van der Waals surface area (Å²) in [6, 6.07) is 17.6. The molecule has 0 radical (unpaired) electrons. The molecule has 2 amide bonds. The van der Waals surface area contributed by atoms with Crippen LogP contribution >= 0.6 is 22.6 Å². The molecule has 0 fully saturated rings. The largest absolute Gasteiger partial charge is 0.355 e. The van der Waals surface area contributed by atoms with E-state index in [2.05, 4.69) is 62.2 Å². The average Bonchev–Trinajstić information content (AvgIpc) is 3.07. The summed E-state index contributed by atoms with van der Waals surface area (Å²) in [6.07, 6.45) is 2.89. The van der Waals surface area contributed by atoms with Gasteiger partial charge in [0.05, 0.1) is 12.1 Å². The summed E-state index contributed by atoms with van der Waals surface area (Å²) >= 11 is 2.11. The van der Waals surface area contributed by atoms with Gasteiger partial charge in [-0.1, -0.05) is 30.3 Å². The van der Waals surface area contributed by atoms with Gasteiger partial charge in [-0.25, -0.2) is 0 Å². The SMILES string of the molecule is O=C(CNC(=O)c1ccccc1I)NCCCn1ccc2ccccc21. The smallest absolute Gasteiger partial charge is 0.252 e. The van der Waals surface area contributed by atoms with Crippen LogP contribution in [0.15, 0.2) is 60.8 Å². The summed E-state index contributed by atoms with van der Waals surface area (Å²) in [5, 5.41) is 6.72. The molecule has 0 unspecified atom stereocenters. The molecule has 1 aromatic heterocycles. The predicted octanol–water partition coefficient (Wildman–Crippen LogP) is 3.18. The Hall–Kier alpha value is -2.35. The van der Waals surface area contributed by atoms with Crippen molar-refractivity contribution in [3.63, 3.8) is 0 Å². The van der Waals surface area contributed by atoms with Crippen LogP contribution in [-0.2, 0) is 11.3 Å². The fourth-order valence-electron chi connectivity index (χ4n) is 2.78. The van der Waals surface area contributed by atoms with Crippen molar-refractivity contribution in [2.24, 2.45) is 0 Å². The van der Waals surface area contributed by atoms with E-state index in [0.717, 1.165) is 16.5 Å². The van der Waals surface area contributed by atoms with E-state index in [-0.39, 0.29) is 18.4 Å². The number of hydrogen-bond acceptors (Lipinski definition) is 2. The molecule has 2 aromatic carbocycles. The molecule has 0 saturated carbocycles. The Morgan fingerprint density at radius 3 is 2.58 bits per heavy atom. The van der Waals surface area contributed by atoms with Crippen LogP contribution in [0.25, 0.3) is 10.9 Å². The maximum absolute atomic E-state index is 12.1. The number of benzene rings is 2. The van der Waals surface area contributed by atoms with Gasteiger partial charge in [-0.2, -0.15) is 0 Å². The Kier molecular flexibility index (Phi) is 6.27. The topological polar surface area (TPSA) is 63.1 Å². The second kappa shape index (κ2) is 8.84. The van der Waals surface area contributed by atoms with Crippen LogP contribution in [-0.4, -0.2) is 29.5 Å². The first kappa shape index (κ1) is 18.4. The van der Waals surface area contributed by atoms with Gasteiger partial charge in [-0.15, -0.1) is 0 Å². The normalized spacial score (nSPS) is 10.7. The van der Waals surface area contributed by atoms with Crippen LogP contribution in [0.2, 0.25) is 0 Å². The van der Waals surface area contributed by atoms with Gasteiger partial charge in [0, 0.05) is 28.4 Å². The highest BCUT2D eigenvalue weighted by molar-refractivity contribution is 14.1. The summed E-state index contributed by atoms with van der Waals surface area (Å²) in [6.45, 7) is 1.39. The maximum atomic E-state index is 12.1. The van der Waals surface area contributed by atoms with Crippen LogP contribution in [0.5, 0.6) is 0 Å². The number of halogens is 1. The lowest BCUT2D eigenvalue weighted by Gasteiger charge is -2.09. The molecule has 0 atom stereocenters. The van der Waals surface area contributed by atoms with E-state index in [1.165, 1.54) is 10.9 Å². The van der Waals surface area contributed by atoms with Gasteiger partial charge >= 0.3 is 0 Å². The highest BCUT2D eigenvalue weighted by Crippen LogP contribution is 2.15. The van der Waals surface area contributed by atoms with Gasteiger partial charge in [0.1, 0.15) is 0 Å². The summed E-state index contributed by atoms with van der Waals surface area (Å²) < 4.78 is 3.04. The highest BCUT2D eigenvalue weighted by atomic mass is 127. The lowest BCUT2D eigenvalue weighted by molar-refractivity contribution is -0.120. The minimum atomic E-state index is -0.232. The van der Waals surface area contributed by atoms with Crippen molar-refractivity contribution in [1.82, 2.24) is 15.2 Å². The zero-order valence-corrected chi connectivity index (χ0v) is 16.4. The molecule has 0 spiro atoms. The van der Waals surface area contributed by atoms with Crippen molar-refractivity contribution in [3.8, 4) is 0 Å². The molecule has 134 valence electrons. The highest BCUT2D eigenvalue weighted by Gasteiger charge is 2.10. The van der Waals surface area contributed by atoms with E-state index in [0.29, 0.717) is 12.1 Å². The van der Waals surface area contributed by atoms with Crippen molar-refractivity contribution in [1.29, 1.82) is 0 Å². The molecule has 5 nitrogen and oxygen atoms in total. The first-order valence-corrected chi connectivity index (χ1v) is 9.56. The zero-order valence-electron chi connectivity index (χ0n) is 14.2. The fraction of sp³-hybridized carbons (Fsp3) is 0.200. The standard InChI is InChI=1S/C20H20IN3O2/c21-17-8-3-2-7-16(17)20(26)23-14-19(25)22-11-5-12-24-13-10-15-6-1-4-9-18(15)24/h1-4,6-10,13H,5,11-12,14H2,(H,22,25)(H,23,26). The number of hydrogen-bond donors (Lipinski definition) is 2. The molecule has 2 N–H and O–H groups in total. The molecular formula is C20H20IN3O2. The van der Waals surface area contributed by atoms with Crippen LogP contribution < -0.4 is 10.6 Å². The molecule has 1 heterocycles. The Morgan fingerprint density at radius 2 is 1.73 bits per heavy atom. The lowest BCUT2D eigenvalue weighted by Crippen LogP contribution is -2.37. The molecule has 0 aliphatic rings. The number of carbonyl (C=O) groups is 2. The molecule has 26 heavy (non-hydrogen) atoms. The van der Waals surface area contributed by atoms with E-state index < -0.39 is 0 Å². The van der Waals surface area contributed by atoms with E-state index in [1.807, 2.05) is 30.3 Å². The average molecular weight is 461 g/mol. The number of aromatic nitrogens is 1. The Bertz CT molecular complexity index is 920. The molecule has 0 aliphatic heterocycles. The zero-order chi connectivity index (χ0) is 18.4. The van der Waals surface area contributed by atoms with Crippen molar-refractivity contribution in [2.75, 3.05) is 13.1 Å². The predicted molar refractivity (Wildman–Crippen MR) is 111 cm³/mol. The Morgan fingerprint density at radius 1 is 0.962 bits per heavy atom. The van der Waals surface area contributed by atoms with Gasteiger partial charge in [-0.05, 0) is 58.7 Å². The number of nitrogens with one attached hydrogen (secondary N) is 2. The minimum absolute atomic E-state index is 0.0176. The quantitative estimate of drug-likeness (QED) is 0.420. The number of nitrogens with zero attached hydrogens (tertiary/aromatic N) is 1. The van der Waals surface area contributed by atoms with Gasteiger partial charge in [0.25, 0.3) is 5.91 Å². The number of aryl methyl sites for hydroxylation is 1. The van der Waals surface area contributed by atoms with Gasteiger partial charge in [0.2, 0.25) is 5.91 Å². The summed E-state index contributed by atoms with van der Waals surface area (Å²) in [4.78, 5) is 24.0. The number of rotatable bonds is 7. The van der Waals surface area contributed by atoms with Crippen molar-refractivity contribution in [2.45, 2.75) is 13.0 Å². The molecule has 0 bridgehead atoms. The third-order valence-electron chi connectivity index (χ3n) is 4.11. The first-order chi connectivity index (χ1) is 12.6. The third kappa shape index (κ3) is 4.63. The summed E-state index contributed by atoms with van der Waals surface area (Å²) in [7, 11) is 0. The number of fused-ring (bicyclic) bond motifs is 1. The molecule has 0 aliphatic carbocycles. The van der Waals surface area contributed by atoms with Crippen LogP contribution in [0.1, 0.15) is 16.8 Å². The van der Waals surface area contributed by atoms with E-state index in [4.69, 9.17) is 0 Å². The lowest BCUT2D eigenvalue weighted by atomic mass is 10.2. The number of para-hydroxylation sites is 1. The van der Waals surface area contributed by atoms with E-state index in [9.17, 15) is 9.59 Å². The van der Waals surface area contributed by atoms with E-state index >= 15 is 0 Å². The Balaban J connectivity index is 1.39. The third-order valence-corrected chi connectivity index (χ3v) is 5.05. The molecule has 3 aromatic rings. The minimum Gasteiger partial charge on any atom is -0.355 e. The van der Waals surface area contributed by atoms with Gasteiger partial charge in [0.15, 0.2) is 0 Å². The van der Waals surface area contributed by atoms with Gasteiger partial charge < -0.3 is 15.2 Å².